The Kier molecular flexibility index (Phi) is 7.01. The second kappa shape index (κ2) is 9.02. The summed E-state index contributed by atoms with van der Waals surface area (Å²) < 4.78 is 34.6. The maximum atomic E-state index is 12.0. The number of nitrogens with one attached hydrogen (secondary N) is 1. The molecular formula is C17H19BrN2O5S. The van der Waals surface area contributed by atoms with Gasteiger partial charge < -0.3 is 14.8 Å². The number of sulfonamides is 1. The number of carbonyl (C=O) groups is 1. The van der Waals surface area contributed by atoms with Crippen LogP contribution in [0.2, 0.25) is 0 Å². The summed E-state index contributed by atoms with van der Waals surface area (Å²) in [6.07, 6.45) is 0.737. The molecule has 0 bridgehead atoms. The maximum Gasteiger partial charge on any atom is 0.241 e. The quantitative estimate of drug-likeness (QED) is 0.610. The number of primary sulfonamides is 1. The number of amides is 1. The van der Waals surface area contributed by atoms with Crippen molar-refractivity contribution in [1.82, 2.24) is 0 Å². The van der Waals surface area contributed by atoms with E-state index in [2.05, 4.69) is 21.2 Å². The third-order valence-electron chi connectivity index (χ3n) is 3.37. The summed E-state index contributed by atoms with van der Waals surface area (Å²) in [5, 5.41) is 7.79. The lowest BCUT2D eigenvalue weighted by Gasteiger charge is -2.10. The summed E-state index contributed by atoms with van der Waals surface area (Å²) in [6, 6.07) is 11.7. The highest BCUT2D eigenvalue weighted by atomic mass is 79.9. The van der Waals surface area contributed by atoms with Crippen LogP contribution < -0.4 is 19.9 Å². The summed E-state index contributed by atoms with van der Waals surface area (Å²) in [6.45, 7) is 0.384. The SMILES string of the molecule is COc1ccc(NC(=O)CCCOc2cccc(Br)c2)cc1S(N)(=O)=O. The van der Waals surface area contributed by atoms with E-state index in [0.717, 1.165) is 4.47 Å². The molecule has 0 saturated heterocycles. The number of anilines is 1. The largest absolute Gasteiger partial charge is 0.495 e. The molecule has 7 nitrogen and oxygen atoms in total. The first-order chi connectivity index (χ1) is 12.3. The molecule has 2 rings (SSSR count). The number of ether oxygens (including phenoxy) is 2. The number of nitrogens with two attached hydrogens (primary N) is 1. The highest BCUT2D eigenvalue weighted by molar-refractivity contribution is 9.10. The van der Waals surface area contributed by atoms with E-state index in [1.807, 2.05) is 24.3 Å². The zero-order valence-electron chi connectivity index (χ0n) is 14.1. The van der Waals surface area contributed by atoms with E-state index in [1.165, 1.54) is 19.2 Å². The molecule has 0 heterocycles. The van der Waals surface area contributed by atoms with Crippen molar-refractivity contribution in [3.63, 3.8) is 0 Å². The van der Waals surface area contributed by atoms with Gasteiger partial charge in [0.15, 0.2) is 0 Å². The normalized spacial score (nSPS) is 11.0. The lowest BCUT2D eigenvalue weighted by Crippen LogP contribution is -2.16. The molecule has 0 saturated carbocycles. The van der Waals surface area contributed by atoms with Crippen LogP contribution in [0.3, 0.4) is 0 Å². The molecule has 9 heteroatoms. The van der Waals surface area contributed by atoms with Gasteiger partial charge in [-0.3, -0.25) is 4.79 Å². The Morgan fingerprint density at radius 1 is 1.23 bits per heavy atom. The number of halogens is 1. The van der Waals surface area contributed by atoms with Crippen LogP contribution in [0.25, 0.3) is 0 Å². The summed E-state index contributed by atoms with van der Waals surface area (Å²) in [4.78, 5) is 11.8. The van der Waals surface area contributed by atoms with E-state index in [9.17, 15) is 13.2 Å². The third kappa shape index (κ3) is 6.01. The fourth-order valence-electron chi connectivity index (χ4n) is 2.18. The predicted octanol–water partition coefficient (Wildman–Crippen LogP) is 2.90. The third-order valence-corrected chi connectivity index (χ3v) is 4.79. The molecule has 0 unspecified atom stereocenters. The van der Waals surface area contributed by atoms with Crippen molar-refractivity contribution in [1.29, 1.82) is 0 Å². The molecule has 0 aliphatic heterocycles. The highest BCUT2D eigenvalue weighted by Gasteiger charge is 2.16. The predicted molar refractivity (Wildman–Crippen MR) is 102 cm³/mol. The van der Waals surface area contributed by atoms with Crippen molar-refractivity contribution < 1.29 is 22.7 Å². The number of hydrogen-bond donors (Lipinski definition) is 2. The summed E-state index contributed by atoms with van der Waals surface area (Å²) >= 11 is 3.36. The molecule has 0 aliphatic rings. The van der Waals surface area contributed by atoms with Crippen LogP contribution >= 0.6 is 15.9 Å². The van der Waals surface area contributed by atoms with Gasteiger partial charge >= 0.3 is 0 Å². The number of benzene rings is 2. The van der Waals surface area contributed by atoms with Crippen LogP contribution in [0.15, 0.2) is 51.8 Å². The van der Waals surface area contributed by atoms with Crippen LogP contribution in [-0.4, -0.2) is 28.0 Å². The van der Waals surface area contributed by atoms with E-state index >= 15 is 0 Å². The molecule has 2 aromatic rings. The number of hydrogen-bond acceptors (Lipinski definition) is 5. The van der Waals surface area contributed by atoms with E-state index in [1.54, 1.807) is 6.07 Å². The lowest BCUT2D eigenvalue weighted by atomic mass is 10.2. The highest BCUT2D eigenvalue weighted by Crippen LogP contribution is 2.26. The smallest absolute Gasteiger partial charge is 0.241 e. The first-order valence-corrected chi connectivity index (χ1v) is 10.0. The van der Waals surface area contributed by atoms with Crippen LogP contribution in [0, 0.1) is 0 Å². The van der Waals surface area contributed by atoms with E-state index in [-0.39, 0.29) is 23.0 Å². The first-order valence-electron chi connectivity index (χ1n) is 7.68. The van der Waals surface area contributed by atoms with Crippen molar-refractivity contribution in [2.24, 2.45) is 5.14 Å². The molecule has 140 valence electrons. The fourth-order valence-corrected chi connectivity index (χ4v) is 3.28. The zero-order chi connectivity index (χ0) is 19.2. The van der Waals surface area contributed by atoms with Crippen molar-refractivity contribution in [3.05, 3.63) is 46.9 Å². The number of carbonyl (C=O) groups excluding carboxylic acids is 1. The molecule has 2 aromatic carbocycles. The van der Waals surface area contributed by atoms with Crippen molar-refractivity contribution in [3.8, 4) is 11.5 Å². The summed E-state index contributed by atoms with van der Waals surface area (Å²) in [5.74, 6) is 0.578. The Hall–Kier alpha value is -2.10. The second-order valence-corrected chi connectivity index (χ2v) is 7.81. The van der Waals surface area contributed by atoms with Gasteiger partial charge in [0.05, 0.1) is 13.7 Å². The van der Waals surface area contributed by atoms with Crippen LogP contribution in [-0.2, 0) is 14.8 Å². The van der Waals surface area contributed by atoms with Gasteiger partial charge in [0.1, 0.15) is 16.4 Å². The minimum absolute atomic E-state index is 0.118. The Balaban J connectivity index is 1.88. The van der Waals surface area contributed by atoms with Gasteiger partial charge in [0, 0.05) is 16.6 Å². The molecule has 0 aromatic heterocycles. The van der Waals surface area contributed by atoms with Crippen molar-refractivity contribution >= 4 is 37.5 Å². The molecule has 26 heavy (non-hydrogen) atoms. The maximum absolute atomic E-state index is 12.0. The van der Waals surface area contributed by atoms with Crippen LogP contribution in [0.5, 0.6) is 11.5 Å². The van der Waals surface area contributed by atoms with E-state index < -0.39 is 10.0 Å². The zero-order valence-corrected chi connectivity index (χ0v) is 16.5. The molecule has 3 N–H and O–H groups in total. The fraction of sp³-hybridized carbons (Fsp3) is 0.235. The summed E-state index contributed by atoms with van der Waals surface area (Å²) in [7, 11) is -2.62. The van der Waals surface area contributed by atoms with Crippen molar-refractivity contribution in [2.45, 2.75) is 17.7 Å². The first kappa shape index (κ1) is 20.2. The van der Waals surface area contributed by atoms with Crippen molar-refractivity contribution in [2.75, 3.05) is 19.0 Å². The second-order valence-electron chi connectivity index (χ2n) is 5.37. The van der Waals surface area contributed by atoms with Gasteiger partial charge in [-0.2, -0.15) is 0 Å². The Morgan fingerprint density at radius 3 is 2.65 bits per heavy atom. The molecule has 1 amide bonds. The van der Waals surface area contributed by atoms with Gasteiger partial charge in [-0.15, -0.1) is 0 Å². The molecular weight excluding hydrogens is 424 g/mol. The monoisotopic (exact) mass is 442 g/mol. The molecule has 0 atom stereocenters. The number of rotatable bonds is 8. The average molecular weight is 443 g/mol. The minimum atomic E-state index is -3.96. The van der Waals surface area contributed by atoms with Gasteiger partial charge in [-0.1, -0.05) is 22.0 Å². The Bertz CT molecular complexity index is 886. The molecule has 0 aliphatic carbocycles. The van der Waals surface area contributed by atoms with Gasteiger partial charge in [0.2, 0.25) is 15.9 Å². The Morgan fingerprint density at radius 2 is 2.00 bits per heavy atom. The standard InChI is InChI=1S/C17H19BrN2O5S/c1-24-15-8-7-13(11-16(15)26(19,22)23)20-17(21)6-3-9-25-14-5-2-4-12(18)10-14/h2,4-5,7-8,10-11H,3,6,9H2,1H3,(H,20,21)(H2,19,22,23). The van der Waals surface area contributed by atoms with Gasteiger partial charge in [-0.25, -0.2) is 13.6 Å². The molecule has 0 radical (unpaired) electrons. The van der Waals surface area contributed by atoms with Crippen LogP contribution in [0.1, 0.15) is 12.8 Å². The number of methoxy groups -OCH3 is 1. The molecule has 0 fully saturated rings. The van der Waals surface area contributed by atoms with E-state index in [4.69, 9.17) is 14.6 Å². The summed E-state index contributed by atoms with van der Waals surface area (Å²) in [5.41, 5.74) is 0.327. The van der Waals surface area contributed by atoms with E-state index in [0.29, 0.717) is 24.5 Å². The Labute approximate surface area is 160 Å². The molecule has 0 spiro atoms. The van der Waals surface area contributed by atoms with Gasteiger partial charge in [-0.05, 0) is 42.8 Å². The van der Waals surface area contributed by atoms with Crippen LogP contribution in [0.4, 0.5) is 5.69 Å². The average Bonchev–Trinajstić information content (AvgIpc) is 2.58. The topological polar surface area (TPSA) is 108 Å². The minimum Gasteiger partial charge on any atom is -0.495 e. The lowest BCUT2D eigenvalue weighted by molar-refractivity contribution is -0.116. The van der Waals surface area contributed by atoms with Gasteiger partial charge in [0.25, 0.3) is 0 Å².